The van der Waals surface area contributed by atoms with Gasteiger partial charge in [-0.15, -0.1) is 0 Å². The van der Waals surface area contributed by atoms with Gasteiger partial charge < -0.3 is 14.9 Å². The lowest BCUT2D eigenvalue weighted by atomic mass is 9.62. The van der Waals surface area contributed by atoms with E-state index in [4.69, 9.17) is 4.74 Å². The zero-order valence-electron chi connectivity index (χ0n) is 20.5. The van der Waals surface area contributed by atoms with Crippen LogP contribution in [0.25, 0.3) is 0 Å². The number of allylic oxidation sites excluding steroid dienone is 3. The molecule has 3 rings (SSSR count). The minimum Gasteiger partial charge on any atom is -0.390 e. The minimum atomic E-state index is -0.574. The number of aliphatic hydroxyl groups is 2. The molecule has 0 aliphatic heterocycles. The van der Waals surface area contributed by atoms with Gasteiger partial charge in [-0.3, -0.25) is 0 Å². The molecule has 0 bridgehead atoms. The molecular weight excluding hydrogens is 384 g/mol. The van der Waals surface area contributed by atoms with Crippen molar-refractivity contribution in [1.82, 2.24) is 0 Å². The maximum absolute atomic E-state index is 10.6. The van der Waals surface area contributed by atoms with Gasteiger partial charge in [-0.25, -0.2) is 0 Å². The van der Waals surface area contributed by atoms with E-state index in [0.29, 0.717) is 23.9 Å². The molecule has 0 radical (unpaired) electrons. The van der Waals surface area contributed by atoms with E-state index in [2.05, 4.69) is 46.4 Å². The Bertz CT molecular complexity index is 686. The first kappa shape index (κ1) is 24.7. The highest BCUT2D eigenvalue weighted by Crippen LogP contribution is 2.58. The van der Waals surface area contributed by atoms with Gasteiger partial charge in [-0.05, 0) is 100 Å². The molecule has 0 spiro atoms. The summed E-state index contributed by atoms with van der Waals surface area (Å²) >= 11 is 0. The Kier molecular flexibility index (Phi) is 8.27. The smallest absolute Gasteiger partial charge is 0.0784 e. The van der Waals surface area contributed by atoms with Crippen molar-refractivity contribution in [3.8, 4) is 0 Å². The molecule has 3 aliphatic carbocycles. The van der Waals surface area contributed by atoms with Crippen LogP contribution in [0.5, 0.6) is 0 Å². The van der Waals surface area contributed by atoms with Crippen molar-refractivity contribution in [2.75, 3.05) is 6.61 Å². The molecule has 0 aromatic rings. The summed E-state index contributed by atoms with van der Waals surface area (Å²) in [5.41, 5.74) is 3.70. The fourth-order valence-corrected chi connectivity index (χ4v) is 6.56. The van der Waals surface area contributed by atoms with E-state index in [-0.39, 0.29) is 12.2 Å². The van der Waals surface area contributed by atoms with E-state index in [9.17, 15) is 10.2 Å². The second-order valence-corrected chi connectivity index (χ2v) is 10.8. The number of aliphatic hydroxyl groups excluding tert-OH is 1. The Hall–Kier alpha value is -0.900. The first-order chi connectivity index (χ1) is 14.7. The second-order valence-electron chi connectivity index (χ2n) is 10.8. The first-order valence-electron chi connectivity index (χ1n) is 12.8. The number of fused-ring (bicyclic) bond motifs is 1. The van der Waals surface area contributed by atoms with E-state index >= 15 is 0 Å². The Balaban J connectivity index is 1.63. The van der Waals surface area contributed by atoms with Crippen LogP contribution >= 0.6 is 0 Å². The van der Waals surface area contributed by atoms with Crippen LogP contribution in [0, 0.1) is 17.3 Å². The lowest BCUT2D eigenvalue weighted by molar-refractivity contribution is -0.0559. The topological polar surface area (TPSA) is 49.7 Å². The molecule has 2 N–H and O–H groups in total. The van der Waals surface area contributed by atoms with Crippen LogP contribution in [0.2, 0.25) is 0 Å². The molecular formula is C28H46O3. The average Bonchev–Trinajstić information content (AvgIpc) is 3.12. The third kappa shape index (κ3) is 5.54. The molecule has 3 aliphatic rings. The van der Waals surface area contributed by atoms with Crippen molar-refractivity contribution in [2.45, 2.75) is 116 Å². The number of rotatable bonds is 8. The Morgan fingerprint density at radius 2 is 1.94 bits per heavy atom. The van der Waals surface area contributed by atoms with Gasteiger partial charge in [0.1, 0.15) is 0 Å². The monoisotopic (exact) mass is 430 g/mol. The van der Waals surface area contributed by atoms with Gasteiger partial charge in [0.25, 0.3) is 0 Å². The number of ether oxygens (including phenoxy) is 1. The van der Waals surface area contributed by atoms with Crippen LogP contribution in [0.3, 0.4) is 0 Å². The standard InChI is InChI=1S/C28H46O3/c1-6-28(30,7-2)17-18-31-21(4)24-14-15-25-23(9-8-16-27(24,25)5)13-12-22-11-10-20(3)26(29)19-22/h12-13,21,24-26,29-30H,3,6-11,14-19H2,1-2,4-5H3. The quantitative estimate of drug-likeness (QED) is 0.432. The maximum atomic E-state index is 10.6. The SMILES string of the molecule is C=C1CCC(=CC=C2CCCC3(C)C2CCC3C(C)OCCC(O)(CC)CC)CC1O. The highest BCUT2D eigenvalue weighted by Gasteiger charge is 2.51. The lowest BCUT2D eigenvalue weighted by Crippen LogP contribution is -2.39. The van der Waals surface area contributed by atoms with Crippen molar-refractivity contribution >= 4 is 0 Å². The van der Waals surface area contributed by atoms with Crippen molar-refractivity contribution in [3.63, 3.8) is 0 Å². The molecule has 3 heteroatoms. The van der Waals surface area contributed by atoms with Crippen LogP contribution < -0.4 is 0 Å². The highest BCUT2D eigenvalue weighted by atomic mass is 16.5. The van der Waals surface area contributed by atoms with Gasteiger partial charge in [-0.1, -0.05) is 50.6 Å². The third-order valence-electron chi connectivity index (χ3n) is 9.10. The minimum absolute atomic E-state index is 0.241. The zero-order chi connectivity index (χ0) is 22.6. The van der Waals surface area contributed by atoms with Gasteiger partial charge in [0.05, 0.1) is 17.8 Å². The van der Waals surface area contributed by atoms with Gasteiger partial charge in [0, 0.05) is 6.61 Å². The van der Waals surface area contributed by atoms with E-state index in [1.807, 2.05) is 0 Å². The molecule has 0 saturated heterocycles. The van der Waals surface area contributed by atoms with Crippen LogP contribution in [-0.4, -0.2) is 34.6 Å². The summed E-state index contributed by atoms with van der Waals surface area (Å²) in [6.07, 6.45) is 15.9. The van der Waals surface area contributed by atoms with Gasteiger partial charge in [-0.2, -0.15) is 0 Å². The molecule has 0 amide bonds. The summed E-state index contributed by atoms with van der Waals surface area (Å²) in [6.45, 7) is 13.5. The van der Waals surface area contributed by atoms with E-state index in [0.717, 1.165) is 44.1 Å². The summed E-state index contributed by atoms with van der Waals surface area (Å²) in [7, 11) is 0. The molecule has 0 aromatic carbocycles. The molecule has 176 valence electrons. The number of hydrogen-bond donors (Lipinski definition) is 2. The summed E-state index contributed by atoms with van der Waals surface area (Å²) in [5.74, 6) is 1.24. The molecule has 3 saturated carbocycles. The zero-order valence-corrected chi connectivity index (χ0v) is 20.5. The highest BCUT2D eigenvalue weighted by molar-refractivity contribution is 5.28. The predicted molar refractivity (Wildman–Crippen MR) is 129 cm³/mol. The summed E-state index contributed by atoms with van der Waals surface area (Å²) < 4.78 is 6.32. The normalized spacial score (nSPS) is 35.5. The Morgan fingerprint density at radius 3 is 2.61 bits per heavy atom. The van der Waals surface area contributed by atoms with E-state index < -0.39 is 5.60 Å². The van der Waals surface area contributed by atoms with Crippen molar-refractivity contribution in [2.24, 2.45) is 17.3 Å². The van der Waals surface area contributed by atoms with Crippen LogP contribution in [0.4, 0.5) is 0 Å². The van der Waals surface area contributed by atoms with Crippen molar-refractivity contribution in [1.29, 1.82) is 0 Å². The van der Waals surface area contributed by atoms with Crippen LogP contribution in [-0.2, 0) is 4.74 Å². The van der Waals surface area contributed by atoms with Crippen LogP contribution in [0.1, 0.15) is 98.3 Å². The van der Waals surface area contributed by atoms with Gasteiger partial charge in [0.15, 0.2) is 0 Å². The van der Waals surface area contributed by atoms with E-state index in [1.54, 1.807) is 5.57 Å². The molecule has 5 atom stereocenters. The first-order valence-corrected chi connectivity index (χ1v) is 12.8. The van der Waals surface area contributed by atoms with Crippen molar-refractivity contribution in [3.05, 3.63) is 35.5 Å². The lowest BCUT2D eigenvalue weighted by Gasteiger charge is -2.44. The average molecular weight is 431 g/mol. The van der Waals surface area contributed by atoms with Crippen molar-refractivity contribution < 1.29 is 14.9 Å². The fraction of sp³-hybridized carbons (Fsp3) is 0.786. The van der Waals surface area contributed by atoms with Gasteiger partial charge in [0.2, 0.25) is 0 Å². The Labute approximate surface area is 190 Å². The Morgan fingerprint density at radius 1 is 1.19 bits per heavy atom. The molecule has 31 heavy (non-hydrogen) atoms. The van der Waals surface area contributed by atoms with Crippen LogP contribution in [0.15, 0.2) is 35.5 Å². The summed E-state index contributed by atoms with van der Waals surface area (Å²) in [6, 6.07) is 0. The number of hydrogen-bond acceptors (Lipinski definition) is 3. The third-order valence-corrected chi connectivity index (χ3v) is 9.10. The predicted octanol–water partition coefficient (Wildman–Crippen LogP) is 6.50. The maximum Gasteiger partial charge on any atom is 0.0784 e. The van der Waals surface area contributed by atoms with E-state index in [1.165, 1.54) is 37.7 Å². The second kappa shape index (κ2) is 10.4. The largest absolute Gasteiger partial charge is 0.390 e. The summed E-state index contributed by atoms with van der Waals surface area (Å²) in [4.78, 5) is 0. The summed E-state index contributed by atoms with van der Waals surface area (Å²) in [5, 5.41) is 20.7. The molecule has 0 aromatic heterocycles. The fourth-order valence-electron chi connectivity index (χ4n) is 6.56. The molecule has 0 heterocycles. The molecule has 3 fully saturated rings. The molecule has 3 nitrogen and oxygen atoms in total. The molecule has 5 unspecified atom stereocenters. The van der Waals surface area contributed by atoms with Gasteiger partial charge >= 0.3 is 0 Å².